The van der Waals surface area contributed by atoms with Crippen LogP contribution in [0.2, 0.25) is 0 Å². The third-order valence-electron chi connectivity index (χ3n) is 5.77. The van der Waals surface area contributed by atoms with E-state index in [4.69, 9.17) is 0 Å². The number of nitrogens with one attached hydrogen (secondary N) is 1. The Balaban J connectivity index is 1.47. The van der Waals surface area contributed by atoms with Gasteiger partial charge in [-0.05, 0) is 30.3 Å². The van der Waals surface area contributed by atoms with Crippen LogP contribution < -0.4 is 9.80 Å². The molecular weight excluding hydrogens is 443 g/mol. The number of hydrogen-bond donors (Lipinski definition) is 1. The smallest absolute Gasteiger partial charge is 0.292 e. The molecule has 168 valence electrons. The summed E-state index contributed by atoms with van der Waals surface area (Å²) < 4.78 is 40.3. The first-order chi connectivity index (χ1) is 15.2. The van der Waals surface area contributed by atoms with Gasteiger partial charge in [-0.15, -0.1) is 0 Å². The van der Waals surface area contributed by atoms with E-state index in [1.165, 1.54) is 42.5 Å². The van der Waals surface area contributed by atoms with Crippen LogP contribution in [0.15, 0.2) is 53.4 Å². The second-order valence-corrected chi connectivity index (χ2v) is 9.49. The highest BCUT2D eigenvalue weighted by atomic mass is 32.2. The Morgan fingerprint density at radius 3 is 2.28 bits per heavy atom. The zero-order chi connectivity index (χ0) is 23.0. The first kappa shape index (κ1) is 22.0. The maximum Gasteiger partial charge on any atom is 0.292 e. The fraction of sp³-hybridized carbons (Fsp3) is 0.300. The van der Waals surface area contributed by atoms with Crippen molar-refractivity contribution in [2.45, 2.75) is 17.4 Å². The van der Waals surface area contributed by atoms with Crippen molar-refractivity contribution in [2.75, 3.05) is 31.1 Å². The molecule has 2 aromatic carbocycles. The van der Waals surface area contributed by atoms with Gasteiger partial charge in [-0.1, -0.05) is 12.1 Å². The summed E-state index contributed by atoms with van der Waals surface area (Å²) in [6.07, 6.45) is -0.0253. The number of amides is 2. The summed E-state index contributed by atoms with van der Waals surface area (Å²) in [6, 6.07) is 9.56. The molecule has 12 heteroatoms. The number of carbonyl (C=O) groups is 2. The van der Waals surface area contributed by atoms with Crippen molar-refractivity contribution >= 4 is 33.2 Å². The normalized spacial score (nSPS) is 20.7. The minimum Gasteiger partial charge on any atom is -0.322 e. The Morgan fingerprint density at radius 1 is 1.03 bits per heavy atom. The summed E-state index contributed by atoms with van der Waals surface area (Å²) >= 11 is 0. The summed E-state index contributed by atoms with van der Waals surface area (Å²) in [6.45, 7) is 0.637. The Labute approximate surface area is 183 Å². The molecule has 2 fully saturated rings. The second kappa shape index (κ2) is 8.37. The molecule has 0 radical (unpaired) electrons. The van der Waals surface area contributed by atoms with Crippen LogP contribution in [0.1, 0.15) is 6.42 Å². The molecule has 2 aliphatic rings. The van der Waals surface area contributed by atoms with E-state index in [2.05, 4.69) is 0 Å². The lowest BCUT2D eigenvalue weighted by molar-refractivity contribution is -0.918. The van der Waals surface area contributed by atoms with E-state index >= 15 is 0 Å². The van der Waals surface area contributed by atoms with Crippen LogP contribution in [-0.4, -0.2) is 61.7 Å². The standard InChI is InChI=1S/C20H19FN4O6S/c21-14-5-7-15(8-6-14)24-19(26)13-17(20(24)27)22-9-11-23(12-10-22)32(30,31)18-4-2-1-3-16(18)25(28)29/h1-8,17H,9-13H2/p+1/t17-/m0/s1. The fourth-order valence-corrected chi connectivity index (χ4v) is 5.74. The van der Waals surface area contributed by atoms with Crippen molar-refractivity contribution < 1.29 is 32.2 Å². The zero-order valence-electron chi connectivity index (χ0n) is 16.8. The Kier molecular flexibility index (Phi) is 5.75. The van der Waals surface area contributed by atoms with Crippen LogP contribution in [0.3, 0.4) is 0 Å². The van der Waals surface area contributed by atoms with Gasteiger partial charge in [0.15, 0.2) is 10.9 Å². The monoisotopic (exact) mass is 463 g/mol. The van der Waals surface area contributed by atoms with E-state index in [1.54, 1.807) is 0 Å². The van der Waals surface area contributed by atoms with Gasteiger partial charge in [0, 0.05) is 6.07 Å². The van der Waals surface area contributed by atoms with Gasteiger partial charge in [0.2, 0.25) is 15.9 Å². The summed E-state index contributed by atoms with van der Waals surface area (Å²) in [5, 5.41) is 11.2. The van der Waals surface area contributed by atoms with Crippen molar-refractivity contribution in [1.29, 1.82) is 0 Å². The molecule has 1 atom stereocenters. The van der Waals surface area contributed by atoms with E-state index in [-0.39, 0.29) is 37.5 Å². The SMILES string of the molecule is O=C1C[C@H]([NH+]2CCN(S(=O)(=O)c3ccccc3[N+](=O)[O-])CC2)C(=O)N1c1ccc(F)cc1. The number of halogens is 1. The molecule has 0 unspecified atom stereocenters. The lowest BCUT2D eigenvalue weighted by Crippen LogP contribution is -3.19. The minimum absolute atomic E-state index is 0.0253. The number of rotatable bonds is 5. The van der Waals surface area contributed by atoms with Gasteiger partial charge in [-0.2, -0.15) is 4.31 Å². The largest absolute Gasteiger partial charge is 0.322 e. The number of imide groups is 1. The Morgan fingerprint density at radius 2 is 1.66 bits per heavy atom. The van der Waals surface area contributed by atoms with Crippen LogP contribution in [-0.2, 0) is 19.6 Å². The summed E-state index contributed by atoms with van der Waals surface area (Å²) in [5.41, 5.74) is -0.199. The maximum absolute atomic E-state index is 13.2. The molecule has 32 heavy (non-hydrogen) atoms. The van der Waals surface area contributed by atoms with Crippen LogP contribution in [0.4, 0.5) is 15.8 Å². The molecule has 2 heterocycles. The summed E-state index contributed by atoms with van der Waals surface area (Å²) in [7, 11) is -4.09. The van der Waals surface area contributed by atoms with E-state index in [0.717, 1.165) is 20.2 Å². The molecule has 0 saturated carbocycles. The summed E-state index contributed by atoms with van der Waals surface area (Å²) in [5.74, 6) is -1.29. The van der Waals surface area contributed by atoms with Crippen molar-refractivity contribution in [3.05, 3.63) is 64.5 Å². The van der Waals surface area contributed by atoms with E-state index in [0.29, 0.717) is 5.69 Å². The number of nitro benzene ring substituents is 1. The van der Waals surface area contributed by atoms with Crippen LogP contribution in [0.5, 0.6) is 0 Å². The molecule has 4 rings (SSSR count). The van der Waals surface area contributed by atoms with Crippen molar-refractivity contribution in [3.8, 4) is 0 Å². The number of para-hydroxylation sites is 1. The fourth-order valence-electron chi connectivity index (χ4n) is 4.14. The number of nitro groups is 1. The highest BCUT2D eigenvalue weighted by Crippen LogP contribution is 2.26. The number of benzene rings is 2. The topological polar surface area (TPSA) is 122 Å². The number of carbonyl (C=O) groups excluding carboxylic acids is 2. The van der Waals surface area contributed by atoms with E-state index in [1.807, 2.05) is 0 Å². The predicted octanol–water partition coefficient (Wildman–Crippen LogP) is -0.0448. The first-order valence-electron chi connectivity index (χ1n) is 9.90. The molecule has 1 N–H and O–H groups in total. The highest BCUT2D eigenvalue weighted by Gasteiger charge is 2.47. The number of hydrogen-bond acceptors (Lipinski definition) is 6. The molecule has 2 saturated heterocycles. The predicted molar refractivity (Wildman–Crippen MR) is 110 cm³/mol. The minimum atomic E-state index is -4.09. The van der Waals surface area contributed by atoms with Gasteiger partial charge in [0.25, 0.3) is 11.6 Å². The van der Waals surface area contributed by atoms with Crippen molar-refractivity contribution in [2.24, 2.45) is 0 Å². The number of quaternary nitrogens is 1. The van der Waals surface area contributed by atoms with Gasteiger partial charge in [0.05, 0.1) is 43.2 Å². The van der Waals surface area contributed by atoms with Crippen LogP contribution >= 0.6 is 0 Å². The van der Waals surface area contributed by atoms with Gasteiger partial charge < -0.3 is 4.90 Å². The number of sulfonamides is 1. The van der Waals surface area contributed by atoms with E-state index in [9.17, 15) is 32.5 Å². The molecule has 0 bridgehead atoms. The highest BCUT2D eigenvalue weighted by molar-refractivity contribution is 7.89. The van der Waals surface area contributed by atoms with Gasteiger partial charge in [0.1, 0.15) is 5.82 Å². The third kappa shape index (κ3) is 3.87. The lowest BCUT2D eigenvalue weighted by Gasteiger charge is -2.33. The Bertz CT molecular complexity index is 1180. The van der Waals surface area contributed by atoms with E-state index < -0.39 is 44.3 Å². The lowest BCUT2D eigenvalue weighted by atomic mass is 10.2. The maximum atomic E-state index is 13.2. The number of nitrogens with zero attached hydrogens (tertiary/aromatic N) is 3. The number of piperazine rings is 1. The van der Waals surface area contributed by atoms with Gasteiger partial charge in [-0.3, -0.25) is 19.7 Å². The Hall–Kier alpha value is -3.22. The molecular formula is C20H20FN4O6S+. The quantitative estimate of drug-likeness (QED) is 0.377. The zero-order valence-corrected chi connectivity index (χ0v) is 17.6. The van der Waals surface area contributed by atoms with Crippen molar-refractivity contribution in [1.82, 2.24) is 4.31 Å². The molecule has 0 aliphatic carbocycles. The average molecular weight is 463 g/mol. The first-order valence-corrected chi connectivity index (χ1v) is 11.3. The van der Waals surface area contributed by atoms with Gasteiger partial charge in [-0.25, -0.2) is 17.7 Å². The molecule has 2 amide bonds. The molecule has 10 nitrogen and oxygen atoms in total. The second-order valence-electron chi connectivity index (χ2n) is 7.59. The van der Waals surface area contributed by atoms with Gasteiger partial charge >= 0.3 is 0 Å². The van der Waals surface area contributed by atoms with Crippen molar-refractivity contribution in [3.63, 3.8) is 0 Å². The van der Waals surface area contributed by atoms with Crippen LogP contribution in [0, 0.1) is 15.9 Å². The summed E-state index contributed by atoms with van der Waals surface area (Å²) in [4.78, 5) is 37.3. The molecule has 2 aliphatic heterocycles. The molecule has 0 aromatic heterocycles. The van der Waals surface area contributed by atoms with Crippen LogP contribution in [0.25, 0.3) is 0 Å². The average Bonchev–Trinajstić information content (AvgIpc) is 3.08. The number of anilines is 1. The third-order valence-corrected chi connectivity index (χ3v) is 7.71. The molecule has 2 aromatic rings. The molecule has 0 spiro atoms.